The largest absolute Gasteiger partial charge is 0.493 e. The zero-order valence-electron chi connectivity index (χ0n) is 11.3. The SMILES string of the molecule is O=C(NCc1cc(Br)cc2c1OCC2)C1CC2CC2C1. The number of rotatable bonds is 3. The molecule has 4 heteroatoms. The lowest BCUT2D eigenvalue weighted by Crippen LogP contribution is -2.29. The minimum absolute atomic E-state index is 0.226. The van der Waals surface area contributed by atoms with Crippen LogP contribution in [0.5, 0.6) is 5.75 Å². The quantitative estimate of drug-likeness (QED) is 0.921. The van der Waals surface area contributed by atoms with Crippen molar-refractivity contribution >= 4 is 21.8 Å². The predicted molar refractivity (Wildman–Crippen MR) is 79.5 cm³/mol. The fourth-order valence-corrected chi connectivity index (χ4v) is 4.29. The lowest BCUT2D eigenvalue weighted by molar-refractivity contribution is -0.125. The van der Waals surface area contributed by atoms with Gasteiger partial charge >= 0.3 is 0 Å². The summed E-state index contributed by atoms with van der Waals surface area (Å²) < 4.78 is 6.76. The molecule has 1 N–H and O–H groups in total. The van der Waals surface area contributed by atoms with E-state index in [-0.39, 0.29) is 11.8 Å². The first-order chi connectivity index (χ1) is 9.70. The molecule has 20 heavy (non-hydrogen) atoms. The van der Waals surface area contributed by atoms with Crippen LogP contribution in [0.2, 0.25) is 0 Å². The van der Waals surface area contributed by atoms with Crippen molar-refractivity contribution in [2.24, 2.45) is 17.8 Å². The number of amides is 1. The van der Waals surface area contributed by atoms with E-state index in [0.29, 0.717) is 6.54 Å². The Morgan fingerprint density at radius 1 is 1.30 bits per heavy atom. The second kappa shape index (κ2) is 4.76. The van der Waals surface area contributed by atoms with Crippen molar-refractivity contribution in [3.05, 3.63) is 27.7 Å². The van der Waals surface area contributed by atoms with Crippen molar-refractivity contribution in [2.45, 2.75) is 32.2 Å². The molecule has 1 aromatic carbocycles. The van der Waals surface area contributed by atoms with E-state index >= 15 is 0 Å². The molecule has 2 aliphatic carbocycles. The van der Waals surface area contributed by atoms with Gasteiger partial charge in [0.25, 0.3) is 0 Å². The molecule has 1 heterocycles. The molecule has 2 unspecified atom stereocenters. The number of nitrogens with one attached hydrogen (secondary N) is 1. The third-order valence-electron chi connectivity index (χ3n) is 4.89. The van der Waals surface area contributed by atoms with E-state index in [1.54, 1.807) is 0 Å². The number of benzene rings is 1. The van der Waals surface area contributed by atoms with Gasteiger partial charge in [-0.1, -0.05) is 15.9 Å². The molecular formula is C16H18BrNO2. The van der Waals surface area contributed by atoms with Gasteiger partial charge in [0.15, 0.2) is 0 Å². The van der Waals surface area contributed by atoms with E-state index in [9.17, 15) is 4.79 Å². The Kier molecular flexibility index (Phi) is 3.02. The smallest absolute Gasteiger partial charge is 0.223 e. The van der Waals surface area contributed by atoms with Gasteiger partial charge < -0.3 is 10.1 Å². The van der Waals surface area contributed by atoms with Gasteiger partial charge in [-0.15, -0.1) is 0 Å². The molecule has 106 valence electrons. The van der Waals surface area contributed by atoms with Gasteiger partial charge in [-0.05, 0) is 48.8 Å². The molecular weight excluding hydrogens is 318 g/mol. The first kappa shape index (κ1) is 12.7. The number of ether oxygens (including phenoxy) is 1. The topological polar surface area (TPSA) is 38.3 Å². The van der Waals surface area contributed by atoms with Crippen molar-refractivity contribution in [3.8, 4) is 5.75 Å². The lowest BCUT2D eigenvalue weighted by atomic mass is 10.0. The zero-order valence-corrected chi connectivity index (χ0v) is 12.9. The maximum absolute atomic E-state index is 12.2. The highest BCUT2D eigenvalue weighted by atomic mass is 79.9. The summed E-state index contributed by atoms with van der Waals surface area (Å²) in [5.74, 6) is 3.15. The Bertz CT molecular complexity index is 562. The van der Waals surface area contributed by atoms with Crippen molar-refractivity contribution < 1.29 is 9.53 Å². The number of fused-ring (bicyclic) bond motifs is 2. The third kappa shape index (κ3) is 2.24. The van der Waals surface area contributed by atoms with E-state index in [1.807, 2.05) is 0 Å². The van der Waals surface area contributed by atoms with Crippen LogP contribution in [0.25, 0.3) is 0 Å². The van der Waals surface area contributed by atoms with Crippen molar-refractivity contribution in [1.29, 1.82) is 0 Å². The van der Waals surface area contributed by atoms with Crippen LogP contribution in [-0.2, 0) is 17.8 Å². The fourth-order valence-electron chi connectivity index (χ4n) is 3.73. The first-order valence-electron chi connectivity index (χ1n) is 7.42. The molecule has 3 nitrogen and oxygen atoms in total. The average molecular weight is 336 g/mol. The molecule has 1 amide bonds. The molecule has 2 atom stereocenters. The summed E-state index contributed by atoms with van der Waals surface area (Å²) >= 11 is 3.53. The number of carbonyl (C=O) groups is 1. The van der Waals surface area contributed by atoms with Crippen LogP contribution >= 0.6 is 15.9 Å². The van der Waals surface area contributed by atoms with Crippen LogP contribution in [0.4, 0.5) is 0 Å². The van der Waals surface area contributed by atoms with Crippen LogP contribution in [-0.4, -0.2) is 12.5 Å². The second-order valence-electron chi connectivity index (χ2n) is 6.29. The number of hydrogen-bond donors (Lipinski definition) is 1. The van der Waals surface area contributed by atoms with Gasteiger partial charge in [0.2, 0.25) is 5.91 Å². The number of halogens is 1. The third-order valence-corrected chi connectivity index (χ3v) is 5.35. The monoisotopic (exact) mass is 335 g/mol. The number of carbonyl (C=O) groups excluding carboxylic acids is 1. The fraction of sp³-hybridized carbons (Fsp3) is 0.562. The van der Waals surface area contributed by atoms with Gasteiger partial charge in [-0.2, -0.15) is 0 Å². The van der Waals surface area contributed by atoms with E-state index in [2.05, 4.69) is 33.4 Å². The van der Waals surface area contributed by atoms with Gasteiger partial charge in [-0.25, -0.2) is 0 Å². The van der Waals surface area contributed by atoms with Gasteiger partial charge in [0.1, 0.15) is 5.75 Å². The van der Waals surface area contributed by atoms with Crippen molar-refractivity contribution in [2.75, 3.05) is 6.61 Å². The Balaban J connectivity index is 1.43. The molecule has 0 bridgehead atoms. The standard InChI is InChI=1S/C16H18BrNO2/c17-14-6-9-1-2-20-15(9)13(7-14)8-18-16(19)12-4-10-3-11(10)5-12/h6-7,10-12H,1-5,8H2,(H,18,19). The summed E-state index contributed by atoms with van der Waals surface area (Å²) in [7, 11) is 0. The Morgan fingerprint density at radius 3 is 2.90 bits per heavy atom. The van der Waals surface area contributed by atoms with Crippen LogP contribution in [0, 0.1) is 17.8 Å². The molecule has 0 saturated heterocycles. The molecule has 0 radical (unpaired) electrons. The molecule has 2 saturated carbocycles. The summed E-state index contributed by atoms with van der Waals surface area (Å²) in [6, 6.07) is 4.16. The Morgan fingerprint density at radius 2 is 2.10 bits per heavy atom. The van der Waals surface area contributed by atoms with Gasteiger partial charge in [-0.3, -0.25) is 4.79 Å². The highest BCUT2D eigenvalue weighted by Crippen LogP contribution is 2.54. The van der Waals surface area contributed by atoms with Crippen molar-refractivity contribution in [1.82, 2.24) is 5.32 Å². The van der Waals surface area contributed by atoms with Crippen LogP contribution in [0.3, 0.4) is 0 Å². The normalized spacial score (nSPS) is 29.6. The van der Waals surface area contributed by atoms with E-state index < -0.39 is 0 Å². The van der Waals surface area contributed by atoms with Crippen LogP contribution < -0.4 is 10.1 Å². The van der Waals surface area contributed by atoms with Gasteiger partial charge in [0.05, 0.1) is 6.61 Å². The Labute approximate surface area is 127 Å². The average Bonchev–Trinajstić information content (AvgIpc) is 2.87. The van der Waals surface area contributed by atoms with E-state index in [0.717, 1.165) is 53.5 Å². The molecule has 3 aliphatic rings. The molecule has 0 aromatic heterocycles. The molecule has 1 aromatic rings. The maximum atomic E-state index is 12.2. The summed E-state index contributed by atoms with van der Waals surface area (Å²) in [6.07, 6.45) is 4.52. The van der Waals surface area contributed by atoms with Gasteiger partial charge in [0, 0.05) is 28.9 Å². The summed E-state index contributed by atoms with van der Waals surface area (Å²) in [4.78, 5) is 12.2. The first-order valence-corrected chi connectivity index (χ1v) is 8.22. The minimum atomic E-state index is 0.226. The highest BCUT2D eigenvalue weighted by Gasteiger charge is 2.47. The lowest BCUT2D eigenvalue weighted by Gasteiger charge is -2.14. The molecule has 1 aliphatic heterocycles. The zero-order chi connectivity index (χ0) is 13.7. The van der Waals surface area contributed by atoms with E-state index in [1.165, 1.54) is 12.0 Å². The maximum Gasteiger partial charge on any atom is 0.223 e. The number of hydrogen-bond acceptors (Lipinski definition) is 2. The van der Waals surface area contributed by atoms with E-state index in [4.69, 9.17) is 4.74 Å². The summed E-state index contributed by atoms with van der Waals surface area (Å²) in [5, 5.41) is 3.10. The Hall–Kier alpha value is -1.03. The summed E-state index contributed by atoms with van der Waals surface area (Å²) in [6.45, 7) is 1.32. The van der Waals surface area contributed by atoms with Crippen LogP contribution in [0.1, 0.15) is 30.4 Å². The predicted octanol–water partition coefficient (Wildman–Crippen LogP) is 3.05. The summed E-state index contributed by atoms with van der Waals surface area (Å²) in [5.41, 5.74) is 2.33. The molecule has 0 spiro atoms. The molecule has 4 rings (SSSR count). The van der Waals surface area contributed by atoms with Crippen LogP contribution in [0.15, 0.2) is 16.6 Å². The molecule has 2 fully saturated rings. The minimum Gasteiger partial charge on any atom is -0.493 e. The van der Waals surface area contributed by atoms with Crippen molar-refractivity contribution in [3.63, 3.8) is 0 Å². The second-order valence-corrected chi connectivity index (χ2v) is 7.21. The highest BCUT2D eigenvalue weighted by molar-refractivity contribution is 9.10.